The van der Waals surface area contributed by atoms with Crippen molar-refractivity contribution in [3.05, 3.63) is 0 Å². The fourth-order valence-electron chi connectivity index (χ4n) is 2.89. The van der Waals surface area contributed by atoms with Gasteiger partial charge < -0.3 is 18.9 Å². The number of hydrogen-bond donors (Lipinski definition) is 2. The predicted molar refractivity (Wildman–Crippen MR) is 141 cm³/mol. The van der Waals surface area contributed by atoms with Crippen LogP contribution in [0.4, 0.5) is 0 Å². The highest BCUT2D eigenvalue weighted by molar-refractivity contribution is 7.82. The fourth-order valence-corrected chi connectivity index (χ4v) is 3.33. The fraction of sp³-hybridized carbons (Fsp3) is 0.840. The first-order valence-electron chi connectivity index (χ1n) is 12.8. The van der Waals surface area contributed by atoms with Crippen LogP contribution in [0.1, 0.15) is 97.3 Å². The normalized spacial score (nSPS) is 12.5. The van der Waals surface area contributed by atoms with Crippen LogP contribution in [0.25, 0.3) is 0 Å². The molecule has 35 heavy (non-hydrogen) atoms. The summed E-state index contributed by atoms with van der Waals surface area (Å²) in [4.78, 5) is 46.9. The van der Waals surface area contributed by atoms with Gasteiger partial charge in [-0.05, 0) is 25.7 Å². The Kier molecular flexibility index (Phi) is 22.1. The summed E-state index contributed by atoms with van der Waals surface area (Å²) in [6.07, 6.45) is 9.78. The maximum Gasteiger partial charge on any atom is 0.319 e. The molecule has 0 spiro atoms. The summed E-state index contributed by atoms with van der Waals surface area (Å²) < 4.78 is 20.4. The number of thiol groups is 2. The monoisotopic (exact) mass is 536 g/mol. The van der Waals surface area contributed by atoms with Gasteiger partial charge in [0.1, 0.15) is 10.5 Å². The second-order valence-corrected chi connectivity index (χ2v) is 9.64. The number of unbranched alkanes of at least 4 members (excludes halogenated alkanes) is 8. The van der Waals surface area contributed by atoms with E-state index in [-0.39, 0.29) is 12.8 Å². The minimum absolute atomic E-state index is 0.0821. The van der Waals surface area contributed by atoms with Crippen LogP contribution in [0.5, 0.6) is 0 Å². The third-order valence-corrected chi connectivity index (χ3v) is 5.85. The first kappa shape index (κ1) is 33.6. The highest BCUT2D eigenvalue weighted by Gasteiger charge is 2.21. The van der Waals surface area contributed by atoms with E-state index in [2.05, 4.69) is 25.3 Å². The van der Waals surface area contributed by atoms with Gasteiger partial charge in [0, 0.05) is 0 Å². The number of rotatable bonds is 22. The van der Waals surface area contributed by atoms with Gasteiger partial charge in [0.25, 0.3) is 0 Å². The molecule has 0 heterocycles. The lowest BCUT2D eigenvalue weighted by Crippen LogP contribution is -2.23. The Hall–Kier alpha value is -1.42. The van der Waals surface area contributed by atoms with E-state index in [1.807, 2.05) is 13.8 Å². The third kappa shape index (κ3) is 20.5. The van der Waals surface area contributed by atoms with E-state index in [1.165, 1.54) is 0 Å². The Bertz CT molecular complexity index is 550. The van der Waals surface area contributed by atoms with E-state index in [0.717, 1.165) is 70.6 Å². The van der Waals surface area contributed by atoms with Gasteiger partial charge >= 0.3 is 23.9 Å². The molecular formula is C25H44O8S2. The second-order valence-electron chi connectivity index (χ2n) is 8.40. The lowest BCUT2D eigenvalue weighted by molar-refractivity contribution is -0.149. The molecule has 2 atom stereocenters. The molecule has 0 aliphatic heterocycles. The molecule has 204 valence electrons. The predicted octanol–water partition coefficient (Wildman–Crippen LogP) is 4.87. The summed E-state index contributed by atoms with van der Waals surface area (Å²) in [5, 5.41) is -1.59. The van der Waals surface area contributed by atoms with Gasteiger partial charge in [-0.2, -0.15) is 25.3 Å². The topological polar surface area (TPSA) is 105 Å². The Morgan fingerprint density at radius 2 is 0.829 bits per heavy atom. The SMILES string of the molecule is CCCCOC(=O)CC(S)C(=O)OCCCCCCCCCOC(=O)C(S)CC(=O)OCCCC. The Labute approximate surface area is 221 Å². The summed E-state index contributed by atoms with van der Waals surface area (Å²) in [5.74, 6) is -1.85. The van der Waals surface area contributed by atoms with Crippen LogP contribution in [0, 0.1) is 0 Å². The van der Waals surface area contributed by atoms with Crippen molar-refractivity contribution in [1.82, 2.24) is 0 Å². The summed E-state index contributed by atoms with van der Waals surface area (Å²) in [7, 11) is 0. The smallest absolute Gasteiger partial charge is 0.319 e. The second kappa shape index (κ2) is 23.0. The zero-order valence-corrected chi connectivity index (χ0v) is 23.1. The zero-order valence-electron chi connectivity index (χ0n) is 21.3. The van der Waals surface area contributed by atoms with Crippen molar-refractivity contribution in [2.75, 3.05) is 26.4 Å². The van der Waals surface area contributed by atoms with Gasteiger partial charge in [-0.15, -0.1) is 0 Å². The molecule has 0 N–H and O–H groups in total. The molecule has 0 bridgehead atoms. The summed E-state index contributed by atoms with van der Waals surface area (Å²) in [6.45, 7) is 5.36. The van der Waals surface area contributed by atoms with Crippen molar-refractivity contribution >= 4 is 49.1 Å². The van der Waals surface area contributed by atoms with Gasteiger partial charge in [-0.1, -0.05) is 58.8 Å². The van der Waals surface area contributed by atoms with E-state index in [9.17, 15) is 19.2 Å². The van der Waals surface area contributed by atoms with Gasteiger partial charge in [0.15, 0.2) is 0 Å². The molecule has 0 aromatic carbocycles. The van der Waals surface area contributed by atoms with Crippen molar-refractivity contribution < 1.29 is 38.1 Å². The van der Waals surface area contributed by atoms with Crippen LogP contribution in [0.2, 0.25) is 0 Å². The molecule has 2 unspecified atom stereocenters. The van der Waals surface area contributed by atoms with Crippen molar-refractivity contribution in [1.29, 1.82) is 0 Å². The van der Waals surface area contributed by atoms with Crippen LogP contribution in [-0.4, -0.2) is 60.8 Å². The molecule has 0 amide bonds. The molecule has 0 aliphatic rings. The van der Waals surface area contributed by atoms with Gasteiger partial charge in [-0.25, -0.2) is 0 Å². The van der Waals surface area contributed by atoms with Gasteiger partial charge in [-0.3, -0.25) is 19.2 Å². The van der Waals surface area contributed by atoms with Crippen LogP contribution >= 0.6 is 25.3 Å². The lowest BCUT2D eigenvalue weighted by Gasteiger charge is -2.11. The highest BCUT2D eigenvalue weighted by Crippen LogP contribution is 2.11. The van der Waals surface area contributed by atoms with E-state index in [1.54, 1.807) is 0 Å². The van der Waals surface area contributed by atoms with Crippen LogP contribution < -0.4 is 0 Å². The first-order valence-corrected chi connectivity index (χ1v) is 13.9. The van der Waals surface area contributed by atoms with Crippen molar-refractivity contribution in [2.24, 2.45) is 0 Å². The van der Waals surface area contributed by atoms with E-state index >= 15 is 0 Å². The van der Waals surface area contributed by atoms with Crippen LogP contribution in [0.3, 0.4) is 0 Å². The quantitative estimate of drug-likeness (QED) is 0.0874. The molecule has 0 aliphatic carbocycles. The number of carbonyl (C=O) groups is 4. The van der Waals surface area contributed by atoms with Crippen LogP contribution in [0.15, 0.2) is 0 Å². The standard InChI is InChI=1S/C25H44O8S2/c1-3-5-14-30-22(26)18-20(34)24(28)32-16-12-10-8-7-9-11-13-17-33-25(29)21(35)19-23(27)31-15-6-4-2/h20-21,34-35H,3-19H2,1-2H3. The Morgan fingerprint density at radius 3 is 1.17 bits per heavy atom. The molecular weight excluding hydrogens is 492 g/mol. The summed E-state index contributed by atoms with van der Waals surface area (Å²) >= 11 is 8.26. The van der Waals surface area contributed by atoms with E-state index in [4.69, 9.17) is 18.9 Å². The Balaban J connectivity index is 3.60. The largest absolute Gasteiger partial charge is 0.466 e. The van der Waals surface area contributed by atoms with Crippen molar-refractivity contribution in [3.63, 3.8) is 0 Å². The van der Waals surface area contributed by atoms with E-state index < -0.39 is 34.4 Å². The van der Waals surface area contributed by atoms with E-state index in [0.29, 0.717) is 26.4 Å². The first-order chi connectivity index (χ1) is 16.8. The molecule has 0 aromatic heterocycles. The summed E-state index contributed by atoms with van der Waals surface area (Å²) in [5.41, 5.74) is 0. The maximum atomic E-state index is 11.9. The molecule has 0 radical (unpaired) electrons. The van der Waals surface area contributed by atoms with Crippen molar-refractivity contribution in [3.8, 4) is 0 Å². The average molecular weight is 537 g/mol. The number of ether oxygens (including phenoxy) is 4. The molecule has 0 saturated carbocycles. The molecule has 0 aromatic rings. The van der Waals surface area contributed by atoms with Gasteiger partial charge in [0.2, 0.25) is 0 Å². The van der Waals surface area contributed by atoms with Crippen molar-refractivity contribution in [2.45, 2.75) is 108 Å². The molecule has 0 rings (SSSR count). The molecule has 0 fully saturated rings. The average Bonchev–Trinajstić information content (AvgIpc) is 2.82. The minimum Gasteiger partial charge on any atom is -0.466 e. The molecule has 10 heteroatoms. The number of carbonyl (C=O) groups excluding carboxylic acids is 4. The highest BCUT2D eigenvalue weighted by atomic mass is 32.1. The maximum absolute atomic E-state index is 11.9. The third-order valence-electron chi connectivity index (χ3n) is 5.06. The number of hydrogen-bond acceptors (Lipinski definition) is 10. The minimum atomic E-state index is -0.796. The Morgan fingerprint density at radius 1 is 0.514 bits per heavy atom. The molecule has 0 saturated heterocycles. The lowest BCUT2D eigenvalue weighted by atomic mass is 10.1. The van der Waals surface area contributed by atoms with Gasteiger partial charge in [0.05, 0.1) is 39.3 Å². The summed E-state index contributed by atoms with van der Waals surface area (Å²) in [6, 6.07) is 0. The van der Waals surface area contributed by atoms with Crippen LogP contribution in [-0.2, 0) is 38.1 Å². The zero-order chi connectivity index (χ0) is 26.3. The molecule has 8 nitrogen and oxygen atoms in total. The number of esters is 4.